The molecule has 236 valence electrons. The number of rotatable bonds is 11. The van der Waals surface area contributed by atoms with Crippen LogP contribution in [0.1, 0.15) is 48.7 Å². The van der Waals surface area contributed by atoms with Crippen molar-refractivity contribution in [3.63, 3.8) is 0 Å². The summed E-state index contributed by atoms with van der Waals surface area (Å²) in [4.78, 5) is 30.1. The number of halogens is 3. The van der Waals surface area contributed by atoms with Crippen LogP contribution < -0.4 is 15.0 Å². The standard InChI is InChI=1S/C32H36F3N3O5S/c1-4-37(5-2)31(40)29-19-27(43-26-15-11-24(12-16-26)32(33,34)35)21-38(29)25-13-9-23(10-14-25)30(39)36-20-22-7-17-28(18-8-22)44(41,42)6-3/h7-18,27,29H,4-6,19-21H2,1-3H3,(H,36,39)/t27-,29+/m1/s1. The van der Waals surface area contributed by atoms with Gasteiger partial charge in [-0.05, 0) is 80.1 Å². The fraction of sp³-hybridized carbons (Fsp3) is 0.375. The van der Waals surface area contributed by atoms with Gasteiger partial charge in [0.2, 0.25) is 5.91 Å². The van der Waals surface area contributed by atoms with Crippen molar-refractivity contribution < 1.29 is 35.9 Å². The number of carbonyl (C=O) groups is 2. The molecule has 1 fully saturated rings. The van der Waals surface area contributed by atoms with E-state index in [9.17, 15) is 31.2 Å². The zero-order valence-corrected chi connectivity index (χ0v) is 25.6. The maximum Gasteiger partial charge on any atom is 0.416 e. The fourth-order valence-corrected chi connectivity index (χ4v) is 6.02. The molecule has 3 aromatic carbocycles. The lowest BCUT2D eigenvalue weighted by atomic mass is 10.1. The fourth-order valence-electron chi connectivity index (χ4n) is 5.13. The number of alkyl halides is 3. The Morgan fingerprint density at radius 3 is 2.09 bits per heavy atom. The molecular weight excluding hydrogens is 595 g/mol. The van der Waals surface area contributed by atoms with E-state index in [-0.39, 0.29) is 34.8 Å². The van der Waals surface area contributed by atoms with E-state index in [0.717, 1.165) is 17.7 Å². The zero-order valence-electron chi connectivity index (χ0n) is 24.8. The predicted molar refractivity (Wildman–Crippen MR) is 161 cm³/mol. The van der Waals surface area contributed by atoms with Gasteiger partial charge in [-0.3, -0.25) is 9.59 Å². The van der Waals surface area contributed by atoms with Gasteiger partial charge < -0.3 is 19.9 Å². The summed E-state index contributed by atoms with van der Waals surface area (Å²) in [6.07, 6.45) is -4.55. The average molecular weight is 632 g/mol. The highest BCUT2D eigenvalue weighted by Gasteiger charge is 2.40. The summed E-state index contributed by atoms with van der Waals surface area (Å²) >= 11 is 0. The smallest absolute Gasteiger partial charge is 0.416 e. The van der Waals surface area contributed by atoms with Crippen molar-refractivity contribution in [2.24, 2.45) is 0 Å². The van der Waals surface area contributed by atoms with Crippen molar-refractivity contribution in [1.82, 2.24) is 10.2 Å². The molecule has 4 rings (SSSR count). The molecule has 1 aliphatic heterocycles. The predicted octanol–water partition coefficient (Wildman–Crippen LogP) is 5.32. The third kappa shape index (κ3) is 7.71. The van der Waals surface area contributed by atoms with Gasteiger partial charge >= 0.3 is 6.18 Å². The second-order valence-electron chi connectivity index (χ2n) is 10.5. The summed E-state index contributed by atoms with van der Waals surface area (Å²) in [5.74, 6) is -0.101. The summed E-state index contributed by atoms with van der Waals surface area (Å²) in [6.45, 7) is 6.96. The molecule has 0 bridgehead atoms. The van der Waals surface area contributed by atoms with Crippen LogP contribution in [0.25, 0.3) is 0 Å². The topological polar surface area (TPSA) is 96.0 Å². The van der Waals surface area contributed by atoms with Crippen LogP contribution in [0, 0.1) is 0 Å². The molecule has 1 saturated heterocycles. The minimum Gasteiger partial charge on any atom is -0.488 e. The van der Waals surface area contributed by atoms with Crippen LogP contribution in [-0.4, -0.2) is 62.7 Å². The Morgan fingerprint density at radius 2 is 1.55 bits per heavy atom. The van der Waals surface area contributed by atoms with Crippen LogP contribution in [-0.2, 0) is 27.4 Å². The molecule has 1 heterocycles. The van der Waals surface area contributed by atoms with E-state index >= 15 is 0 Å². The van der Waals surface area contributed by atoms with Gasteiger partial charge in [0.05, 0.1) is 22.8 Å². The Hall–Kier alpha value is -4.06. The van der Waals surface area contributed by atoms with Crippen molar-refractivity contribution >= 4 is 27.3 Å². The largest absolute Gasteiger partial charge is 0.488 e. The number of ether oxygens (including phenoxy) is 1. The maximum absolute atomic E-state index is 13.4. The van der Waals surface area contributed by atoms with Crippen molar-refractivity contribution in [3.05, 3.63) is 89.5 Å². The Morgan fingerprint density at radius 1 is 0.932 bits per heavy atom. The second kappa shape index (κ2) is 13.7. The Kier molecular flexibility index (Phi) is 10.2. The van der Waals surface area contributed by atoms with E-state index in [0.29, 0.717) is 37.3 Å². The van der Waals surface area contributed by atoms with E-state index in [2.05, 4.69) is 5.32 Å². The molecule has 0 aromatic heterocycles. The molecule has 3 aromatic rings. The third-order valence-electron chi connectivity index (χ3n) is 7.68. The van der Waals surface area contributed by atoms with Crippen molar-refractivity contribution in [2.75, 3.05) is 30.3 Å². The van der Waals surface area contributed by atoms with Crippen LogP contribution in [0.3, 0.4) is 0 Å². The number of anilines is 1. The third-order valence-corrected chi connectivity index (χ3v) is 9.43. The molecule has 1 N–H and O–H groups in total. The van der Waals surface area contributed by atoms with Crippen molar-refractivity contribution in [2.45, 2.75) is 57.0 Å². The molecule has 12 heteroatoms. The first-order chi connectivity index (χ1) is 20.9. The highest BCUT2D eigenvalue weighted by molar-refractivity contribution is 7.91. The van der Waals surface area contributed by atoms with Gasteiger partial charge in [0.1, 0.15) is 17.9 Å². The number of hydrogen-bond donors (Lipinski definition) is 1. The minimum atomic E-state index is -4.45. The zero-order chi connectivity index (χ0) is 32.1. The number of carbonyl (C=O) groups excluding carboxylic acids is 2. The SMILES string of the molecule is CCN(CC)C(=O)[C@@H]1C[C@@H](Oc2ccc(C(F)(F)F)cc2)CN1c1ccc(C(=O)NCc2ccc(S(=O)(=O)CC)cc2)cc1. The summed E-state index contributed by atoms with van der Waals surface area (Å²) in [6, 6.07) is 17.1. The summed E-state index contributed by atoms with van der Waals surface area (Å²) in [5.41, 5.74) is 1.09. The van der Waals surface area contributed by atoms with E-state index in [1.165, 1.54) is 24.3 Å². The molecule has 0 saturated carbocycles. The summed E-state index contributed by atoms with van der Waals surface area (Å²) < 4.78 is 69.0. The number of amides is 2. The maximum atomic E-state index is 13.4. The average Bonchev–Trinajstić information content (AvgIpc) is 3.44. The first kappa shape index (κ1) is 32.8. The van der Waals surface area contributed by atoms with Crippen molar-refractivity contribution in [3.8, 4) is 5.75 Å². The quantitative estimate of drug-likeness (QED) is 0.308. The van der Waals surface area contributed by atoms with Crippen LogP contribution in [0.2, 0.25) is 0 Å². The summed E-state index contributed by atoms with van der Waals surface area (Å²) in [7, 11) is -3.30. The van der Waals surface area contributed by atoms with Crippen LogP contribution in [0.5, 0.6) is 5.75 Å². The van der Waals surface area contributed by atoms with E-state index in [4.69, 9.17) is 4.74 Å². The molecule has 44 heavy (non-hydrogen) atoms. The lowest BCUT2D eigenvalue weighted by Gasteiger charge is -2.30. The van der Waals surface area contributed by atoms with E-state index in [1.807, 2.05) is 18.7 Å². The van der Waals surface area contributed by atoms with Gasteiger partial charge in [-0.15, -0.1) is 0 Å². The van der Waals surface area contributed by atoms with Crippen LogP contribution in [0.4, 0.5) is 18.9 Å². The molecule has 0 aliphatic carbocycles. The molecule has 8 nitrogen and oxygen atoms in total. The highest BCUT2D eigenvalue weighted by Crippen LogP contribution is 2.33. The number of nitrogens with zero attached hydrogens (tertiary/aromatic N) is 2. The minimum absolute atomic E-state index is 0.00765. The number of sulfone groups is 1. The Bertz CT molecular complexity index is 1540. The van der Waals surface area contributed by atoms with Gasteiger partial charge in [0.15, 0.2) is 9.84 Å². The number of likely N-dealkylation sites (N-methyl/N-ethyl adjacent to an activating group) is 1. The molecule has 1 aliphatic rings. The number of hydrogen-bond acceptors (Lipinski definition) is 6. The molecule has 0 spiro atoms. The van der Waals surface area contributed by atoms with Gasteiger partial charge in [-0.25, -0.2) is 8.42 Å². The summed E-state index contributed by atoms with van der Waals surface area (Å²) in [5, 5.41) is 2.83. The van der Waals surface area contributed by atoms with Crippen LogP contribution >= 0.6 is 0 Å². The van der Waals surface area contributed by atoms with Gasteiger partial charge in [0, 0.05) is 37.3 Å². The highest BCUT2D eigenvalue weighted by atomic mass is 32.2. The lowest BCUT2D eigenvalue weighted by molar-refractivity contribution is -0.137. The second-order valence-corrected chi connectivity index (χ2v) is 12.7. The molecular formula is C32H36F3N3O5S. The van der Waals surface area contributed by atoms with Gasteiger partial charge in [-0.1, -0.05) is 19.1 Å². The Balaban J connectivity index is 1.45. The van der Waals surface area contributed by atoms with Crippen molar-refractivity contribution in [1.29, 1.82) is 0 Å². The molecule has 0 radical (unpaired) electrons. The molecule has 2 amide bonds. The first-order valence-electron chi connectivity index (χ1n) is 14.5. The van der Waals surface area contributed by atoms with Crippen LogP contribution in [0.15, 0.2) is 77.7 Å². The Labute approximate surface area is 255 Å². The number of benzene rings is 3. The van der Waals surface area contributed by atoms with Gasteiger partial charge in [0.25, 0.3) is 5.91 Å². The van der Waals surface area contributed by atoms with E-state index in [1.54, 1.807) is 48.2 Å². The monoisotopic (exact) mass is 631 g/mol. The van der Waals surface area contributed by atoms with Gasteiger partial charge in [-0.2, -0.15) is 13.2 Å². The normalized spacial score (nSPS) is 16.9. The number of nitrogens with one attached hydrogen (secondary N) is 1. The van der Waals surface area contributed by atoms with E-state index < -0.39 is 33.7 Å². The molecule has 0 unspecified atom stereocenters. The first-order valence-corrected chi connectivity index (χ1v) is 16.1. The lowest BCUT2D eigenvalue weighted by Crippen LogP contribution is -2.45. The molecule has 2 atom stereocenters.